The van der Waals surface area contributed by atoms with Crippen molar-refractivity contribution < 1.29 is 13.5 Å². The third-order valence-corrected chi connectivity index (χ3v) is 3.69. The van der Waals surface area contributed by atoms with Gasteiger partial charge in [0.05, 0.1) is 25.5 Å². The van der Waals surface area contributed by atoms with Crippen molar-refractivity contribution in [2.24, 2.45) is 10.3 Å². The van der Waals surface area contributed by atoms with Crippen molar-refractivity contribution in [3.8, 4) is 5.75 Å². The van der Waals surface area contributed by atoms with Gasteiger partial charge in [-0.2, -0.15) is 5.11 Å². The summed E-state index contributed by atoms with van der Waals surface area (Å²) < 4.78 is 33.8. The van der Waals surface area contributed by atoms with Crippen molar-refractivity contribution in [2.45, 2.75) is 13.0 Å². The van der Waals surface area contributed by atoms with Crippen LogP contribution in [0.25, 0.3) is 0 Å². The van der Waals surface area contributed by atoms with Gasteiger partial charge in [0.15, 0.2) is 11.6 Å². The van der Waals surface area contributed by atoms with Crippen LogP contribution in [0.5, 0.6) is 5.75 Å². The molecule has 1 N–H and O–H groups in total. The zero-order valence-electron chi connectivity index (χ0n) is 13.3. The number of pyridine rings is 1. The maximum absolute atomic E-state index is 14.5. The van der Waals surface area contributed by atoms with Crippen LogP contribution in [-0.4, -0.2) is 25.2 Å². The Morgan fingerprint density at radius 2 is 2.17 bits per heavy atom. The van der Waals surface area contributed by atoms with E-state index in [9.17, 15) is 8.78 Å². The molecule has 2 heterocycles. The molecule has 0 fully saturated rings. The molecule has 0 saturated carbocycles. The number of anilines is 2. The highest BCUT2D eigenvalue weighted by Crippen LogP contribution is 2.35. The normalized spacial score (nSPS) is 16.5. The van der Waals surface area contributed by atoms with E-state index >= 15 is 0 Å². The highest BCUT2D eigenvalue weighted by molar-refractivity contribution is 5.61. The molecule has 1 atom stereocenters. The van der Waals surface area contributed by atoms with E-state index in [1.165, 1.54) is 17.1 Å². The van der Waals surface area contributed by atoms with E-state index in [0.717, 1.165) is 5.56 Å². The maximum atomic E-state index is 14.5. The summed E-state index contributed by atoms with van der Waals surface area (Å²) in [7, 11) is 1.54. The average molecular weight is 333 g/mol. The largest absolute Gasteiger partial charge is 0.495 e. The van der Waals surface area contributed by atoms with Gasteiger partial charge >= 0.3 is 0 Å². The minimum Gasteiger partial charge on any atom is -0.495 e. The summed E-state index contributed by atoms with van der Waals surface area (Å²) in [5, 5.41) is 12.1. The van der Waals surface area contributed by atoms with Gasteiger partial charge in [0.1, 0.15) is 17.5 Å². The SMILES string of the molecule is CCNc1ccc(F)c(N2CC(c3cncc(OC)c3)N=N2)c1F. The molecule has 1 aliphatic heterocycles. The van der Waals surface area contributed by atoms with Gasteiger partial charge in [-0.3, -0.25) is 4.98 Å². The van der Waals surface area contributed by atoms with E-state index in [0.29, 0.717) is 12.3 Å². The molecule has 0 amide bonds. The molecule has 0 bridgehead atoms. The monoisotopic (exact) mass is 333 g/mol. The van der Waals surface area contributed by atoms with Crippen molar-refractivity contribution in [3.05, 3.63) is 47.8 Å². The lowest BCUT2D eigenvalue weighted by Crippen LogP contribution is -2.19. The second-order valence-electron chi connectivity index (χ2n) is 5.25. The molecule has 1 aliphatic rings. The van der Waals surface area contributed by atoms with Crippen molar-refractivity contribution in [2.75, 3.05) is 30.5 Å². The van der Waals surface area contributed by atoms with E-state index in [2.05, 4.69) is 20.6 Å². The van der Waals surface area contributed by atoms with Crippen LogP contribution in [0.4, 0.5) is 20.2 Å². The van der Waals surface area contributed by atoms with Crippen LogP contribution < -0.4 is 15.1 Å². The summed E-state index contributed by atoms with van der Waals surface area (Å²) in [4.78, 5) is 4.07. The Bertz CT molecular complexity index is 768. The highest BCUT2D eigenvalue weighted by Gasteiger charge is 2.28. The lowest BCUT2D eigenvalue weighted by molar-refractivity contribution is 0.412. The Kier molecular flexibility index (Phi) is 4.54. The molecule has 1 aromatic heterocycles. The Balaban J connectivity index is 1.86. The maximum Gasteiger partial charge on any atom is 0.174 e. The molecule has 1 aromatic carbocycles. The smallest absolute Gasteiger partial charge is 0.174 e. The summed E-state index contributed by atoms with van der Waals surface area (Å²) in [6.45, 7) is 2.59. The molecule has 0 spiro atoms. The van der Waals surface area contributed by atoms with Crippen molar-refractivity contribution in [3.63, 3.8) is 0 Å². The highest BCUT2D eigenvalue weighted by atomic mass is 19.1. The second kappa shape index (κ2) is 6.77. The number of ether oxygens (including phenoxy) is 1. The molecular weight excluding hydrogens is 316 g/mol. The standard InChI is InChI=1S/C16H17F2N5O/c1-3-20-13-5-4-12(17)16(15(13)18)23-9-14(21-22-23)10-6-11(24-2)8-19-7-10/h4-8,14,20H,3,9H2,1-2H3. The summed E-state index contributed by atoms with van der Waals surface area (Å²) in [6.07, 6.45) is 3.21. The molecule has 2 aromatic rings. The first-order valence-electron chi connectivity index (χ1n) is 7.53. The van der Waals surface area contributed by atoms with Crippen molar-refractivity contribution >= 4 is 11.4 Å². The number of benzene rings is 1. The van der Waals surface area contributed by atoms with Crippen LogP contribution in [-0.2, 0) is 0 Å². The van der Waals surface area contributed by atoms with Gasteiger partial charge in [0, 0.05) is 18.3 Å². The fourth-order valence-electron chi connectivity index (χ4n) is 2.50. The molecule has 24 heavy (non-hydrogen) atoms. The summed E-state index contributed by atoms with van der Waals surface area (Å²) in [6, 6.07) is 4.00. The number of hydrogen-bond donors (Lipinski definition) is 1. The average Bonchev–Trinajstić information content (AvgIpc) is 3.07. The zero-order chi connectivity index (χ0) is 17.1. The minimum absolute atomic E-state index is 0.212. The van der Waals surface area contributed by atoms with Crippen LogP contribution in [0.2, 0.25) is 0 Å². The number of nitrogens with one attached hydrogen (secondary N) is 1. The summed E-state index contributed by atoms with van der Waals surface area (Å²) in [5.41, 5.74) is 0.787. The second-order valence-corrected chi connectivity index (χ2v) is 5.25. The van der Waals surface area contributed by atoms with Crippen molar-refractivity contribution in [1.82, 2.24) is 4.98 Å². The van der Waals surface area contributed by atoms with Crippen molar-refractivity contribution in [1.29, 1.82) is 0 Å². The first-order chi connectivity index (χ1) is 11.6. The number of rotatable bonds is 5. The molecule has 8 heteroatoms. The third kappa shape index (κ3) is 2.99. The molecule has 126 valence electrons. The van der Waals surface area contributed by atoms with E-state index < -0.39 is 11.6 Å². The Morgan fingerprint density at radius 3 is 2.92 bits per heavy atom. The lowest BCUT2D eigenvalue weighted by Gasteiger charge is -2.17. The number of hydrogen-bond acceptors (Lipinski definition) is 6. The van der Waals surface area contributed by atoms with Crippen LogP contribution in [0.15, 0.2) is 40.9 Å². The lowest BCUT2D eigenvalue weighted by atomic mass is 10.1. The van der Waals surface area contributed by atoms with Gasteiger partial charge in [-0.05, 0) is 25.1 Å². The number of aromatic nitrogens is 1. The predicted molar refractivity (Wildman–Crippen MR) is 86.3 cm³/mol. The van der Waals surface area contributed by atoms with Crippen LogP contribution in [0, 0.1) is 11.6 Å². The molecule has 0 aliphatic carbocycles. The van der Waals surface area contributed by atoms with E-state index in [-0.39, 0.29) is 24.0 Å². The van der Waals surface area contributed by atoms with E-state index in [1.807, 2.05) is 6.92 Å². The van der Waals surface area contributed by atoms with Crippen LogP contribution >= 0.6 is 0 Å². The molecule has 3 rings (SSSR count). The molecule has 0 radical (unpaired) electrons. The van der Waals surface area contributed by atoms with Gasteiger partial charge in [-0.15, -0.1) is 0 Å². The van der Waals surface area contributed by atoms with Gasteiger partial charge in [0.25, 0.3) is 0 Å². The van der Waals surface area contributed by atoms with Gasteiger partial charge in [-0.25, -0.2) is 13.8 Å². The Hall–Kier alpha value is -2.77. The molecule has 0 saturated heterocycles. The Morgan fingerprint density at radius 1 is 1.33 bits per heavy atom. The minimum atomic E-state index is -0.683. The van der Waals surface area contributed by atoms with Gasteiger partial charge in [0.2, 0.25) is 0 Å². The molecule has 6 nitrogen and oxygen atoms in total. The van der Waals surface area contributed by atoms with Crippen LogP contribution in [0.1, 0.15) is 18.5 Å². The summed E-state index contributed by atoms with van der Waals surface area (Å²) >= 11 is 0. The topological polar surface area (TPSA) is 62.1 Å². The fourth-order valence-corrected chi connectivity index (χ4v) is 2.50. The van der Waals surface area contributed by atoms with Gasteiger partial charge in [-0.1, -0.05) is 5.22 Å². The first-order valence-corrected chi connectivity index (χ1v) is 7.53. The predicted octanol–water partition coefficient (Wildman–Crippen LogP) is 3.73. The molecular formula is C16H17F2N5O. The summed E-state index contributed by atoms with van der Waals surface area (Å²) in [5.74, 6) is -0.773. The van der Waals surface area contributed by atoms with Gasteiger partial charge < -0.3 is 10.1 Å². The number of nitrogens with zero attached hydrogens (tertiary/aromatic N) is 4. The van der Waals surface area contributed by atoms with E-state index in [4.69, 9.17) is 4.74 Å². The fraction of sp³-hybridized carbons (Fsp3) is 0.312. The van der Waals surface area contributed by atoms with E-state index in [1.54, 1.807) is 25.6 Å². The number of halogens is 2. The van der Waals surface area contributed by atoms with Crippen LogP contribution in [0.3, 0.4) is 0 Å². The Labute approximate surface area is 138 Å². The molecule has 1 unspecified atom stereocenters. The zero-order valence-corrected chi connectivity index (χ0v) is 13.3. The number of methoxy groups -OCH3 is 1. The first kappa shape index (κ1) is 16.1. The third-order valence-electron chi connectivity index (χ3n) is 3.69. The quantitative estimate of drug-likeness (QED) is 0.906.